The van der Waals surface area contributed by atoms with Crippen molar-refractivity contribution < 1.29 is 19.1 Å². The smallest absolute Gasteiger partial charge is 0.338 e. The summed E-state index contributed by atoms with van der Waals surface area (Å²) in [6.45, 7) is 6.08. The van der Waals surface area contributed by atoms with Crippen molar-refractivity contribution >= 4 is 12.0 Å². The third-order valence-corrected chi connectivity index (χ3v) is 3.57. The van der Waals surface area contributed by atoms with E-state index in [-0.39, 0.29) is 12.6 Å². The van der Waals surface area contributed by atoms with Gasteiger partial charge in [-0.3, -0.25) is 0 Å². The summed E-state index contributed by atoms with van der Waals surface area (Å²) in [4.78, 5) is 24.4. The fourth-order valence-electron chi connectivity index (χ4n) is 2.50. The molecule has 0 fully saturated rings. The van der Waals surface area contributed by atoms with E-state index in [2.05, 4.69) is 10.6 Å². The van der Waals surface area contributed by atoms with Gasteiger partial charge in [0.1, 0.15) is 12.4 Å². The number of esters is 1. The Morgan fingerprint density at radius 3 is 2.79 bits per heavy atom. The maximum Gasteiger partial charge on any atom is 0.338 e. The van der Waals surface area contributed by atoms with E-state index in [0.29, 0.717) is 29.2 Å². The zero-order chi connectivity index (χ0) is 17.5. The van der Waals surface area contributed by atoms with E-state index < -0.39 is 12.0 Å². The van der Waals surface area contributed by atoms with Crippen LogP contribution in [0, 0.1) is 0 Å². The van der Waals surface area contributed by atoms with Gasteiger partial charge in [-0.2, -0.15) is 0 Å². The highest BCUT2D eigenvalue weighted by molar-refractivity contribution is 5.95. The number of carbonyl (C=O) groups is 2. The van der Waals surface area contributed by atoms with Gasteiger partial charge in [0.2, 0.25) is 0 Å². The van der Waals surface area contributed by atoms with Crippen molar-refractivity contribution in [1.82, 2.24) is 10.6 Å². The number of allylic oxidation sites excluding steroid dienone is 2. The molecule has 1 unspecified atom stereocenters. The standard InChI is InChI=1S/C18H22N2O4/c1-4-6-11-24-17(21)15-12(3)19-18(22)20-16(15)13-9-7-8-10-14(13)23-5-2/h4,6-10,16H,5,11H2,1-3H3,(H2,19,20,22)/b6-4+. The average molecular weight is 330 g/mol. The van der Waals surface area contributed by atoms with Crippen molar-refractivity contribution in [3.05, 3.63) is 53.3 Å². The van der Waals surface area contributed by atoms with Crippen LogP contribution in [0.15, 0.2) is 47.7 Å². The first-order valence-corrected chi connectivity index (χ1v) is 7.86. The van der Waals surface area contributed by atoms with Crippen LogP contribution in [-0.2, 0) is 9.53 Å². The molecule has 128 valence electrons. The van der Waals surface area contributed by atoms with Gasteiger partial charge in [-0.25, -0.2) is 9.59 Å². The number of nitrogens with one attached hydrogen (secondary N) is 2. The third kappa shape index (κ3) is 3.95. The summed E-state index contributed by atoms with van der Waals surface area (Å²) in [5, 5.41) is 5.40. The second kappa shape index (κ2) is 8.19. The summed E-state index contributed by atoms with van der Waals surface area (Å²) in [7, 11) is 0. The number of carbonyl (C=O) groups excluding carboxylic acids is 2. The van der Waals surface area contributed by atoms with E-state index in [4.69, 9.17) is 9.47 Å². The third-order valence-electron chi connectivity index (χ3n) is 3.57. The molecule has 2 N–H and O–H groups in total. The zero-order valence-corrected chi connectivity index (χ0v) is 14.1. The van der Waals surface area contributed by atoms with Crippen molar-refractivity contribution in [2.24, 2.45) is 0 Å². The minimum atomic E-state index is -0.625. The SMILES string of the molecule is C/C=C/COC(=O)C1=C(C)NC(=O)NC1c1ccccc1OCC. The molecule has 1 aliphatic heterocycles. The Hall–Kier alpha value is -2.76. The highest BCUT2D eigenvalue weighted by Crippen LogP contribution is 2.33. The number of benzene rings is 1. The molecule has 0 saturated heterocycles. The lowest BCUT2D eigenvalue weighted by Gasteiger charge is -2.29. The van der Waals surface area contributed by atoms with Crippen LogP contribution in [0.3, 0.4) is 0 Å². The van der Waals surface area contributed by atoms with Gasteiger partial charge in [-0.1, -0.05) is 30.4 Å². The molecule has 0 spiro atoms. The number of rotatable bonds is 6. The van der Waals surface area contributed by atoms with Gasteiger partial charge in [-0.05, 0) is 26.8 Å². The molecule has 0 aliphatic carbocycles. The van der Waals surface area contributed by atoms with Gasteiger partial charge in [0.05, 0.1) is 18.2 Å². The quantitative estimate of drug-likeness (QED) is 0.621. The Bertz CT molecular complexity index is 679. The maximum atomic E-state index is 12.5. The molecular weight excluding hydrogens is 308 g/mol. The van der Waals surface area contributed by atoms with Crippen LogP contribution < -0.4 is 15.4 Å². The van der Waals surface area contributed by atoms with E-state index in [9.17, 15) is 9.59 Å². The minimum Gasteiger partial charge on any atom is -0.494 e. The minimum absolute atomic E-state index is 0.180. The second-order valence-electron chi connectivity index (χ2n) is 5.21. The molecule has 24 heavy (non-hydrogen) atoms. The van der Waals surface area contributed by atoms with Crippen molar-refractivity contribution in [3.63, 3.8) is 0 Å². The molecule has 2 amide bonds. The van der Waals surface area contributed by atoms with Crippen molar-refractivity contribution in [2.45, 2.75) is 26.8 Å². The van der Waals surface area contributed by atoms with E-state index in [1.165, 1.54) is 0 Å². The molecule has 1 atom stereocenters. The largest absolute Gasteiger partial charge is 0.494 e. The lowest BCUT2D eigenvalue weighted by atomic mass is 9.95. The van der Waals surface area contributed by atoms with Crippen LogP contribution in [-0.4, -0.2) is 25.2 Å². The summed E-state index contributed by atoms with van der Waals surface area (Å²) >= 11 is 0. The number of hydrogen-bond donors (Lipinski definition) is 2. The molecule has 0 radical (unpaired) electrons. The van der Waals surface area contributed by atoms with Gasteiger partial charge in [0.25, 0.3) is 0 Å². The van der Waals surface area contributed by atoms with Gasteiger partial charge in [0, 0.05) is 11.3 Å². The van der Waals surface area contributed by atoms with E-state index in [0.717, 1.165) is 0 Å². The van der Waals surface area contributed by atoms with Crippen LogP contribution in [0.5, 0.6) is 5.75 Å². The molecule has 6 nitrogen and oxygen atoms in total. The predicted octanol–water partition coefficient (Wildman–Crippen LogP) is 2.83. The molecule has 2 rings (SSSR count). The highest BCUT2D eigenvalue weighted by Gasteiger charge is 2.33. The van der Waals surface area contributed by atoms with Crippen LogP contribution >= 0.6 is 0 Å². The summed E-state index contributed by atoms with van der Waals surface area (Å²) in [6, 6.07) is 6.33. The molecule has 1 aromatic rings. The normalized spacial score (nSPS) is 17.5. The number of urea groups is 1. The number of ether oxygens (including phenoxy) is 2. The first-order valence-electron chi connectivity index (χ1n) is 7.86. The van der Waals surface area contributed by atoms with Crippen LogP contribution in [0.25, 0.3) is 0 Å². The summed E-state index contributed by atoms with van der Waals surface area (Å²) in [5.74, 6) is 0.146. The van der Waals surface area contributed by atoms with E-state index in [1.807, 2.05) is 38.1 Å². The van der Waals surface area contributed by atoms with Crippen LogP contribution in [0.1, 0.15) is 32.4 Å². The molecule has 0 bridgehead atoms. The highest BCUT2D eigenvalue weighted by atomic mass is 16.5. The number of para-hydroxylation sites is 1. The Morgan fingerprint density at radius 2 is 2.08 bits per heavy atom. The van der Waals surface area contributed by atoms with Gasteiger partial charge in [-0.15, -0.1) is 0 Å². The fourth-order valence-corrected chi connectivity index (χ4v) is 2.50. The van der Waals surface area contributed by atoms with Crippen LogP contribution in [0.4, 0.5) is 4.79 Å². The Kier molecular flexibility index (Phi) is 6.01. The summed E-state index contributed by atoms with van der Waals surface area (Å²) in [5.41, 5.74) is 1.55. The molecule has 6 heteroatoms. The van der Waals surface area contributed by atoms with Crippen LogP contribution in [0.2, 0.25) is 0 Å². The number of hydrogen-bond acceptors (Lipinski definition) is 4. The first kappa shape index (κ1) is 17.6. The Balaban J connectivity index is 2.40. The first-order chi connectivity index (χ1) is 11.6. The Labute approximate surface area is 141 Å². The molecule has 0 aromatic heterocycles. The van der Waals surface area contributed by atoms with Crippen molar-refractivity contribution in [3.8, 4) is 5.75 Å². The summed E-state index contributed by atoms with van der Waals surface area (Å²) in [6.07, 6.45) is 3.54. The molecule has 1 aromatic carbocycles. The maximum absolute atomic E-state index is 12.5. The second-order valence-corrected chi connectivity index (χ2v) is 5.21. The lowest BCUT2D eigenvalue weighted by molar-refractivity contribution is -0.138. The van der Waals surface area contributed by atoms with Crippen molar-refractivity contribution in [2.75, 3.05) is 13.2 Å². The Morgan fingerprint density at radius 1 is 1.33 bits per heavy atom. The van der Waals surface area contributed by atoms with Gasteiger partial charge < -0.3 is 20.1 Å². The van der Waals surface area contributed by atoms with Gasteiger partial charge >= 0.3 is 12.0 Å². The van der Waals surface area contributed by atoms with Gasteiger partial charge in [0.15, 0.2) is 0 Å². The topological polar surface area (TPSA) is 76.7 Å². The zero-order valence-electron chi connectivity index (χ0n) is 14.1. The fraction of sp³-hybridized carbons (Fsp3) is 0.333. The number of amides is 2. The molecule has 0 saturated carbocycles. The predicted molar refractivity (Wildman–Crippen MR) is 90.5 cm³/mol. The lowest BCUT2D eigenvalue weighted by Crippen LogP contribution is -2.45. The summed E-state index contributed by atoms with van der Waals surface area (Å²) < 4.78 is 10.9. The average Bonchev–Trinajstić information content (AvgIpc) is 2.55. The van der Waals surface area contributed by atoms with Crippen molar-refractivity contribution in [1.29, 1.82) is 0 Å². The van der Waals surface area contributed by atoms with E-state index >= 15 is 0 Å². The van der Waals surface area contributed by atoms with E-state index in [1.54, 1.807) is 19.1 Å². The molecule has 1 aliphatic rings. The molecule has 1 heterocycles. The monoisotopic (exact) mass is 330 g/mol. The molecular formula is C18H22N2O4.